The third kappa shape index (κ3) is 3.03. The number of hydrogen-bond acceptors (Lipinski definition) is 4. The van der Waals surface area contributed by atoms with E-state index in [1.54, 1.807) is 0 Å². The summed E-state index contributed by atoms with van der Waals surface area (Å²) in [5.74, 6) is -0.254. The van der Waals surface area contributed by atoms with Crippen LogP contribution in [0.2, 0.25) is 0 Å². The summed E-state index contributed by atoms with van der Waals surface area (Å²) in [5, 5.41) is 0. The van der Waals surface area contributed by atoms with Gasteiger partial charge in [-0.25, -0.2) is 4.79 Å². The third-order valence-electron chi connectivity index (χ3n) is 9.80. The molecule has 0 saturated carbocycles. The van der Waals surface area contributed by atoms with Crippen LogP contribution in [0.25, 0.3) is 11.1 Å². The minimum atomic E-state index is -0.974. The Morgan fingerprint density at radius 1 is 0.692 bits per heavy atom. The van der Waals surface area contributed by atoms with Crippen LogP contribution in [0.4, 0.5) is 11.4 Å². The molecule has 0 radical (unpaired) electrons. The fourth-order valence-corrected chi connectivity index (χ4v) is 7.39. The van der Waals surface area contributed by atoms with Gasteiger partial charge in [0, 0.05) is 53.3 Å². The Morgan fingerprint density at radius 2 is 1.18 bits per heavy atom. The molecule has 1 spiro atoms. The van der Waals surface area contributed by atoms with E-state index in [2.05, 4.69) is 108 Å². The van der Waals surface area contributed by atoms with Gasteiger partial charge in [0.2, 0.25) is 0 Å². The molecule has 4 nitrogen and oxygen atoms in total. The number of carbonyl (C=O) groups excluding carboxylic acids is 1. The summed E-state index contributed by atoms with van der Waals surface area (Å²) in [6.07, 6.45) is 5.46. The van der Waals surface area contributed by atoms with E-state index in [-0.39, 0.29) is 17.0 Å². The molecule has 0 N–H and O–H groups in total. The van der Waals surface area contributed by atoms with Crippen LogP contribution in [-0.4, -0.2) is 31.1 Å². The molecule has 0 bridgehead atoms. The second-order valence-electron chi connectivity index (χ2n) is 12.9. The highest BCUT2D eigenvalue weighted by molar-refractivity contribution is 5.97. The van der Waals surface area contributed by atoms with Crippen LogP contribution in [0.1, 0.15) is 90.8 Å². The predicted molar refractivity (Wildman–Crippen MR) is 160 cm³/mol. The van der Waals surface area contributed by atoms with Crippen molar-refractivity contribution in [1.29, 1.82) is 0 Å². The Morgan fingerprint density at radius 3 is 1.69 bits per heavy atom. The summed E-state index contributed by atoms with van der Waals surface area (Å²) < 4.78 is 6.60. The first-order valence-electron chi connectivity index (χ1n) is 13.9. The van der Waals surface area contributed by atoms with Crippen molar-refractivity contribution in [3.05, 3.63) is 105 Å². The third-order valence-corrected chi connectivity index (χ3v) is 9.80. The van der Waals surface area contributed by atoms with Gasteiger partial charge in [-0.2, -0.15) is 0 Å². The molecule has 3 aromatic carbocycles. The lowest BCUT2D eigenvalue weighted by Gasteiger charge is -2.45. The van der Waals surface area contributed by atoms with Crippen molar-refractivity contribution in [3.63, 3.8) is 0 Å². The van der Waals surface area contributed by atoms with Crippen molar-refractivity contribution in [3.8, 4) is 0 Å². The Hall–Kier alpha value is -3.79. The van der Waals surface area contributed by atoms with Gasteiger partial charge in [-0.1, -0.05) is 30.4 Å². The van der Waals surface area contributed by atoms with Crippen molar-refractivity contribution >= 4 is 28.5 Å². The van der Waals surface area contributed by atoms with Gasteiger partial charge in [-0.15, -0.1) is 0 Å². The lowest BCUT2D eigenvalue weighted by atomic mass is 9.68. The molecule has 3 aliphatic heterocycles. The van der Waals surface area contributed by atoms with Gasteiger partial charge < -0.3 is 14.5 Å². The highest BCUT2D eigenvalue weighted by atomic mass is 16.6. The molecule has 1 aliphatic carbocycles. The van der Waals surface area contributed by atoms with Crippen molar-refractivity contribution in [2.24, 2.45) is 0 Å². The van der Waals surface area contributed by atoms with E-state index in [4.69, 9.17) is 4.74 Å². The minimum absolute atomic E-state index is 0.0841. The summed E-state index contributed by atoms with van der Waals surface area (Å²) in [5.41, 5.74) is 12.4. The zero-order valence-electron chi connectivity index (χ0n) is 24.2. The maximum atomic E-state index is 13.5. The molecule has 7 rings (SSSR count). The summed E-state index contributed by atoms with van der Waals surface area (Å²) >= 11 is 0. The summed E-state index contributed by atoms with van der Waals surface area (Å²) in [6, 6.07) is 17.2. The first kappa shape index (κ1) is 24.3. The number of rotatable bonds is 0. The number of carbonyl (C=O) groups is 1. The highest BCUT2D eigenvalue weighted by Gasteiger charge is 2.53. The average Bonchev–Trinajstić information content (AvgIpc) is 3.17. The molecule has 0 saturated heterocycles. The van der Waals surface area contributed by atoms with Gasteiger partial charge in [0.25, 0.3) is 0 Å². The van der Waals surface area contributed by atoms with Gasteiger partial charge >= 0.3 is 5.97 Å². The molecular weight excluding hydrogens is 480 g/mol. The fourth-order valence-electron chi connectivity index (χ4n) is 7.39. The van der Waals surface area contributed by atoms with Crippen molar-refractivity contribution in [2.75, 3.05) is 23.9 Å². The maximum absolute atomic E-state index is 13.5. The molecule has 3 aromatic rings. The molecule has 0 unspecified atom stereocenters. The van der Waals surface area contributed by atoms with Crippen LogP contribution >= 0.6 is 0 Å². The van der Waals surface area contributed by atoms with E-state index < -0.39 is 5.60 Å². The van der Waals surface area contributed by atoms with Gasteiger partial charge in [-0.3, -0.25) is 0 Å². The summed E-state index contributed by atoms with van der Waals surface area (Å²) in [7, 11) is 4.35. The lowest BCUT2D eigenvalue weighted by molar-refractivity contribution is 0.0240. The first-order valence-corrected chi connectivity index (χ1v) is 13.9. The molecule has 0 amide bonds. The van der Waals surface area contributed by atoms with Gasteiger partial charge in [0.1, 0.15) is 0 Å². The zero-order valence-corrected chi connectivity index (χ0v) is 24.2. The number of hydrogen-bond donors (Lipinski definition) is 0. The summed E-state index contributed by atoms with van der Waals surface area (Å²) in [6.45, 7) is 13.4. The molecule has 0 fully saturated rings. The number of esters is 1. The topological polar surface area (TPSA) is 32.8 Å². The zero-order chi connectivity index (χ0) is 27.6. The normalized spacial score (nSPS) is 20.8. The SMILES string of the molecule is CC1=CC(C)(C)N(C)c2cc3c(cc21)C1(OC(=O)c2ccccc21)c1cc2c(cc1C3)N(C)C(C)(C)C=C2C. The van der Waals surface area contributed by atoms with Crippen LogP contribution in [0.5, 0.6) is 0 Å². The van der Waals surface area contributed by atoms with E-state index in [1.165, 1.54) is 44.8 Å². The molecule has 39 heavy (non-hydrogen) atoms. The standard InChI is InChI=1S/C35H36N2O2/c1-20-18-33(3,4)36(7)30-14-22-13-23-15-31-26(21(2)19-34(5,6)37(31)8)17-29(23)35(28(22)16-25(20)30)27-12-10-9-11-24(27)32(38)39-35/h9-12,14-19H,13H2,1-8H3. The van der Waals surface area contributed by atoms with Crippen molar-refractivity contribution in [2.45, 2.75) is 64.6 Å². The molecule has 4 heteroatoms. The number of allylic oxidation sites excluding steroid dienone is 2. The average molecular weight is 517 g/mol. The van der Waals surface area contributed by atoms with Crippen LogP contribution < -0.4 is 9.80 Å². The van der Waals surface area contributed by atoms with Crippen LogP contribution in [0, 0.1) is 0 Å². The molecule has 4 aliphatic rings. The van der Waals surface area contributed by atoms with Crippen molar-refractivity contribution in [1.82, 2.24) is 0 Å². The summed E-state index contributed by atoms with van der Waals surface area (Å²) in [4.78, 5) is 18.2. The van der Waals surface area contributed by atoms with Crippen LogP contribution in [-0.2, 0) is 16.8 Å². The molecule has 0 aromatic heterocycles. The fraction of sp³-hybridized carbons (Fsp3) is 0.343. The lowest BCUT2D eigenvalue weighted by Crippen LogP contribution is -2.43. The molecular formula is C35H36N2O2. The van der Waals surface area contributed by atoms with E-state index in [9.17, 15) is 4.79 Å². The Bertz CT molecular complexity index is 1600. The highest BCUT2D eigenvalue weighted by Crippen LogP contribution is 2.55. The minimum Gasteiger partial charge on any atom is -0.441 e. The van der Waals surface area contributed by atoms with Gasteiger partial charge in [0.15, 0.2) is 5.60 Å². The quantitative estimate of drug-likeness (QED) is 0.293. The van der Waals surface area contributed by atoms with Crippen LogP contribution in [0.15, 0.2) is 60.7 Å². The Kier molecular flexibility index (Phi) is 4.63. The number of ether oxygens (including phenoxy) is 1. The van der Waals surface area contributed by atoms with Crippen molar-refractivity contribution < 1.29 is 9.53 Å². The number of fused-ring (bicyclic) bond motifs is 8. The Balaban J connectivity index is 1.57. The monoisotopic (exact) mass is 516 g/mol. The largest absolute Gasteiger partial charge is 0.441 e. The number of benzene rings is 3. The molecule has 3 heterocycles. The van der Waals surface area contributed by atoms with E-state index in [0.717, 1.165) is 23.1 Å². The van der Waals surface area contributed by atoms with E-state index in [1.807, 2.05) is 18.2 Å². The van der Waals surface area contributed by atoms with E-state index >= 15 is 0 Å². The van der Waals surface area contributed by atoms with Gasteiger partial charge in [0.05, 0.1) is 16.6 Å². The predicted octanol–water partition coefficient (Wildman–Crippen LogP) is 7.32. The molecule has 0 atom stereocenters. The second-order valence-corrected chi connectivity index (χ2v) is 12.9. The van der Waals surface area contributed by atoms with E-state index in [0.29, 0.717) is 5.56 Å². The smallest absolute Gasteiger partial charge is 0.340 e. The molecule has 198 valence electrons. The number of nitrogens with zero attached hydrogens (tertiary/aromatic N) is 2. The first-order chi connectivity index (χ1) is 18.3. The second kappa shape index (κ2) is 7.44. The number of anilines is 2. The van der Waals surface area contributed by atoms with Gasteiger partial charge in [-0.05, 0) is 101 Å². The number of likely N-dealkylation sites (N-methyl/N-ethyl adjacent to an activating group) is 2. The maximum Gasteiger partial charge on any atom is 0.340 e. The van der Waals surface area contributed by atoms with Crippen LogP contribution in [0.3, 0.4) is 0 Å². The Labute approximate surface area is 231 Å².